The molecule has 13 heteroatoms. The Morgan fingerprint density at radius 2 is 1.62 bits per heavy atom. The molecule has 1 fully saturated rings. The highest BCUT2D eigenvalue weighted by molar-refractivity contribution is 5.67. The summed E-state index contributed by atoms with van der Waals surface area (Å²) in [6.45, 7) is 5.07. The van der Waals surface area contributed by atoms with Crippen LogP contribution in [0, 0.1) is 23.7 Å². The Morgan fingerprint density at radius 3 is 2.32 bits per heavy atom. The number of phenols is 1. The van der Waals surface area contributed by atoms with Gasteiger partial charge in [0.25, 0.3) is 0 Å². The molecule has 3 aromatic rings. The number of aliphatic hydroxyl groups excluding tert-OH is 7. The Kier molecular flexibility index (Phi) is 21.1. The van der Waals surface area contributed by atoms with Gasteiger partial charge in [0, 0.05) is 42.6 Å². The maximum atomic E-state index is 14.0. The molecule has 4 aliphatic heterocycles. The van der Waals surface area contributed by atoms with Gasteiger partial charge in [0.15, 0.2) is 0 Å². The fraction of sp³-hybridized carbons (Fsp3) is 0.576. The molecule has 0 spiro atoms. The molecule has 0 amide bonds. The minimum absolute atomic E-state index is 0.0509. The lowest BCUT2D eigenvalue weighted by Gasteiger charge is -2.52. The lowest BCUT2D eigenvalue weighted by Crippen LogP contribution is -2.67. The van der Waals surface area contributed by atoms with Crippen LogP contribution in [-0.4, -0.2) is 130 Å². The van der Waals surface area contributed by atoms with Crippen LogP contribution in [0.1, 0.15) is 138 Å². The van der Waals surface area contributed by atoms with Gasteiger partial charge in [-0.2, -0.15) is 0 Å². The molecule has 394 valence electrons. The highest BCUT2D eigenvalue weighted by Gasteiger charge is 2.53. The van der Waals surface area contributed by atoms with Crippen molar-refractivity contribution < 1.29 is 55.9 Å². The minimum Gasteiger partial charge on any atom is -0.508 e. The number of phenolic OH excluding ortho intramolecular Hbond substituents is 1. The largest absolute Gasteiger partial charge is 0.508 e. The first-order chi connectivity index (χ1) is 34.5. The van der Waals surface area contributed by atoms with Crippen LogP contribution >= 0.6 is 0 Å². The maximum Gasteiger partial charge on any atom is 0.303 e. The van der Waals surface area contributed by atoms with E-state index in [-0.39, 0.29) is 63.3 Å². The average Bonchev–Trinajstić information content (AvgIpc) is 3.52. The molecular weight excluding hydrogens is 913 g/mol. The predicted molar refractivity (Wildman–Crippen MR) is 279 cm³/mol. The molecule has 4 heterocycles. The zero-order valence-corrected chi connectivity index (χ0v) is 42.5. The first kappa shape index (κ1) is 56.9. The lowest BCUT2D eigenvalue weighted by atomic mass is 9.64. The topological polar surface area (TPSA) is 243 Å². The van der Waals surface area contributed by atoms with Gasteiger partial charge in [0.2, 0.25) is 0 Å². The molecule has 13 nitrogen and oxygen atoms in total. The van der Waals surface area contributed by atoms with Crippen LogP contribution in [0.5, 0.6) is 5.75 Å². The van der Waals surface area contributed by atoms with Crippen molar-refractivity contribution in [3.8, 4) is 17.6 Å². The number of hydrogen-bond acceptors (Lipinski definition) is 12. The van der Waals surface area contributed by atoms with E-state index in [1.54, 1.807) is 43.3 Å². The van der Waals surface area contributed by atoms with E-state index in [1.165, 1.54) is 0 Å². The quantitative estimate of drug-likeness (QED) is 0.0724. The molecule has 0 aromatic heterocycles. The Labute approximate surface area is 426 Å². The third-order valence-corrected chi connectivity index (χ3v) is 16.0. The van der Waals surface area contributed by atoms with E-state index in [2.05, 4.69) is 22.5 Å². The number of carbonyl (C=O) groups is 1. The van der Waals surface area contributed by atoms with Crippen molar-refractivity contribution in [2.45, 2.75) is 189 Å². The third-order valence-electron chi connectivity index (χ3n) is 16.0. The number of aliphatic hydroxyl groups is 8. The van der Waals surface area contributed by atoms with Gasteiger partial charge < -0.3 is 61.7 Å². The van der Waals surface area contributed by atoms with Crippen molar-refractivity contribution in [1.29, 1.82) is 0 Å². The van der Waals surface area contributed by atoms with Crippen molar-refractivity contribution in [1.82, 2.24) is 10.6 Å². The van der Waals surface area contributed by atoms with Crippen LogP contribution in [0.3, 0.4) is 0 Å². The Morgan fingerprint density at radius 1 is 0.903 bits per heavy atom. The Hall–Kier alpha value is -4.43. The van der Waals surface area contributed by atoms with Gasteiger partial charge >= 0.3 is 5.97 Å². The van der Waals surface area contributed by atoms with Crippen molar-refractivity contribution in [3.63, 3.8) is 0 Å². The molecule has 7 rings (SSSR count). The molecule has 0 saturated carbocycles. The van der Waals surface area contributed by atoms with Gasteiger partial charge in [-0.25, -0.2) is 0 Å². The van der Waals surface area contributed by atoms with Gasteiger partial charge in [0.05, 0.1) is 54.7 Å². The summed E-state index contributed by atoms with van der Waals surface area (Å²) in [7, 11) is 0. The molecule has 12 N–H and O–H groups in total. The molecule has 4 aliphatic rings. The van der Waals surface area contributed by atoms with E-state index in [0.29, 0.717) is 68.1 Å². The van der Waals surface area contributed by atoms with Crippen LogP contribution in [0.2, 0.25) is 0 Å². The molecular formula is C59H82N2O11. The number of nitrogens with one attached hydrogen (secondary N) is 2. The second kappa shape index (κ2) is 26.7. The number of aliphatic carboxylic acids is 1. The van der Waals surface area contributed by atoms with Crippen molar-refractivity contribution in [2.75, 3.05) is 13.2 Å². The number of hydrogen-bond donors (Lipinski definition) is 12. The van der Waals surface area contributed by atoms with Crippen molar-refractivity contribution in [2.24, 2.45) is 11.8 Å². The number of aromatic hydroxyl groups is 1. The van der Waals surface area contributed by atoms with E-state index < -0.39 is 84.1 Å². The zero-order valence-electron chi connectivity index (χ0n) is 42.5. The highest BCUT2D eigenvalue weighted by atomic mass is 16.4. The Bertz CT molecular complexity index is 2300. The van der Waals surface area contributed by atoms with Gasteiger partial charge in [-0.3, -0.25) is 4.79 Å². The van der Waals surface area contributed by atoms with Crippen molar-refractivity contribution in [3.05, 3.63) is 124 Å². The van der Waals surface area contributed by atoms with Crippen LogP contribution in [0.25, 0.3) is 0 Å². The summed E-state index contributed by atoms with van der Waals surface area (Å²) >= 11 is 0. The van der Waals surface area contributed by atoms with Crippen LogP contribution < -0.4 is 10.6 Å². The van der Waals surface area contributed by atoms with E-state index in [4.69, 9.17) is 0 Å². The fourth-order valence-electron chi connectivity index (χ4n) is 11.8. The third kappa shape index (κ3) is 14.7. The minimum atomic E-state index is -1.73. The lowest BCUT2D eigenvalue weighted by molar-refractivity contribution is -0.139. The summed E-state index contributed by atoms with van der Waals surface area (Å²) in [6.07, 6.45) is 2.96. The highest BCUT2D eigenvalue weighted by Crippen LogP contribution is 2.45. The molecule has 1 saturated heterocycles. The molecule has 0 aliphatic carbocycles. The van der Waals surface area contributed by atoms with Gasteiger partial charge in [0.1, 0.15) is 5.75 Å². The molecule has 72 heavy (non-hydrogen) atoms. The standard InChI is InChI=1S/C59H82N2O11/c1-4-5-14-52(66)53(67)29-24-43-21-20-42-11-7-6-10-41(42)12-8-31-59(58(3,72)50(13-9-32-62)44-22-25-45(64)26-23-44)36-40-18-16-39(17-19-40)33-55(69)47-27-15-38(2)60-57(49(47)35-56(70)71)54(68)30-28-51(61-59)48(43)34-46(65)37-63/h6-7,10-11,16-19,22-26,29,38,46-47,49-55,57,60-69,72H,4-5,9,13-15,20-21,27-28,30-37H2,1-3H3,(H,70,71)/b29-24+,48-43+/t38-,46+,47+,49-,50-,51+,52+,53-,54-,55-,57-,58+,59+/m1/s1. The summed E-state index contributed by atoms with van der Waals surface area (Å²) in [5, 5.41) is 122. The number of unbranched alkanes of at least 4 members (excludes halogenated alkanes) is 1. The summed E-state index contributed by atoms with van der Waals surface area (Å²) in [5.74, 6) is 4.24. The van der Waals surface area contributed by atoms with Crippen LogP contribution in [-0.2, 0) is 24.1 Å². The molecule has 13 atom stereocenters. The van der Waals surface area contributed by atoms with Gasteiger partial charge in [-0.15, -0.1) is 0 Å². The Balaban J connectivity index is 1.68. The number of rotatable bonds is 17. The first-order valence-electron chi connectivity index (χ1n) is 26.4. The van der Waals surface area contributed by atoms with Gasteiger partial charge in [-0.05, 0) is 154 Å². The van der Waals surface area contributed by atoms with E-state index >= 15 is 0 Å². The van der Waals surface area contributed by atoms with Gasteiger partial charge in [-0.1, -0.05) is 98.4 Å². The summed E-state index contributed by atoms with van der Waals surface area (Å²) in [5.41, 5.74) is 2.33. The van der Waals surface area contributed by atoms with Crippen LogP contribution in [0.4, 0.5) is 0 Å². The molecule has 3 aromatic carbocycles. The number of carboxylic acids is 1. The fourth-order valence-corrected chi connectivity index (χ4v) is 11.8. The van der Waals surface area contributed by atoms with E-state index in [1.807, 2.05) is 62.4 Å². The number of carboxylic acid groups (broad SMARTS) is 1. The number of aryl methyl sites for hydroxylation is 1. The number of benzene rings is 3. The number of fused-ring (bicyclic) bond motifs is 6. The summed E-state index contributed by atoms with van der Waals surface area (Å²) < 4.78 is 0. The predicted octanol–water partition coefficient (Wildman–Crippen LogP) is 5.74. The molecule has 0 unspecified atom stereocenters. The average molecular weight is 995 g/mol. The van der Waals surface area contributed by atoms with E-state index in [0.717, 1.165) is 28.7 Å². The zero-order chi connectivity index (χ0) is 52.0. The van der Waals surface area contributed by atoms with E-state index in [9.17, 15) is 55.9 Å². The second-order valence-corrected chi connectivity index (χ2v) is 21.2. The first-order valence-corrected chi connectivity index (χ1v) is 26.4. The van der Waals surface area contributed by atoms with Crippen molar-refractivity contribution >= 4 is 5.97 Å². The normalized spacial score (nSPS) is 29.0. The summed E-state index contributed by atoms with van der Waals surface area (Å²) in [6, 6.07) is 20.8. The van der Waals surface area contributed by atoms with Crippen LogP contribution in [0.15, 0.2) is 96.1 Å². The molecule has 6 bridgehead atoms. The molecule has 0 radical (unpaired) electrons. The number of allylic oxidation sites excluding steroid dienone is 2. The second-order valence-electron chi connectivity index (χ2n) is 21.2. The maximum absolute atomic E-state index is 14.0. The smallest absolute Gasteiger partial charge is 0.303 e. The SMILES string of the molecule is CCCC[C@H](O)[C@H](O)/C=C/C1=C(\C[C@H](O)CO)[C@@H]2CC[C@@H](O)[C@@H]3N[C@H](C)CC[C@@H]([C@H]3CC(=O)O)[C@H](O)Cc3ccc(cc3)C[C@]([C@@](C)(O)[C@H](CCCO)c3ccc(O)cc3)(CC#Cc3ccccc3CC1)N2. The monoisotopic (exact) mass is 995 g/mol. The summed E-state index contributed by atoms with van der Waals surface area (Å²) in [4.78, 5) is 12.7.